The molecule has 98 valence electrons. The van der Waals surface area contributed by atoms with Gasteiger partial charge >= 0.3 is 0 Å². The Bertz CT molecular complexity index is 397. The van der Waals surface area contributed by atoms with Crippen LogP contribution in [0.4, 0.5) is 0 Å². The summed E-state index contributed by atoms with van der Waals surface area (Å²) in [5.74, 6) is 0. The molecule has 0 bridgehead atoms. The molecule has 0 saturated carbocycles. The van der Waals surface area contributed by atoms with Gasteiger partial charge in [0, 0.05) is 37.8 Å². The minimum absolute atomic E-state index is 0.161. The van der Waals surface area contributed by atoms with Gasteiger partial charge in [0.2, 0.25) is 0 Å². The van der Waals surface area contributed by atoms with Crippen LogP contribution in [-0.2, 0) is 9.84 Å². The highest BCUT2D eigenvalue weighted by Gasteiger charge is 2.31. The average Bonchev–Trinajstić information content (AvgIpc) is 2.29. The number of sulfone groups is 1. The number of nitrogens with zero attached hydrogens (tertiary/aromatic N) is 1. The van der Waals surface area contributed by atoms with Gasteiger partial charge in [0.25, 0.3) is 0 Å². The second-order valence-corrected chi connectivity index (χ2v) is 7.29. The lowest BCUT2D eigenvalue weighted by Crippen LogP contribution is -2.48. The van der Waals surface area contributed by atoms with E-state index in [2.05, 4.69) is 10.2 Å². The summed E-state index contributed by atoms with van der Waals surface area (Å²) in [5.41, 5.74) is 6.84. The van der Waals surface area contributed by atoms with Gasteiger partial charge in [-0.2, -0.15) is 0 Å². The van der Waals surface area contributed by atoms with Gasteiger partial charge < -0.3 is 11.1 Å². The maximum Gasteiger partial charge on any atom is 0.150 e. The van der Waals surface area contributed by atoms with Crippen molar-refractivity contribution in [2.45, 2.75) is 30.6 Å². The summed E-state index contributed by atoms with van der Waals surface area (Å²) >= 11 is 0. The van der Waals surface area contributed by atoms with E-state index in [-0.39, 0.29) is 11.3 Å². The van der Waals surface area contributed by atoms with Crippen molar-refractivity contribution in [3.63, 3.8) is 0 Å². The fourth-order valence-electron chi connectivity index (χ4n) is 2.68. The van der Waals surface area contributed by atoms with Crippen molar-refractivity contribution < 1.29 is 8.42 Å². The molecule has 0 radical (unpaired) electrons. The summed E-state index contributed by atoms with van der Waals surface area (Å²) in [6.45, 7) is 2.60. The topological polar surface area (TPSA) is 75.4 Å². The Balaban J connectivity index is 1.95. The third-order valence-electron chi connectivity index (χ3n) is 3.74. The molecule has 0 aliphatic carbocycles. The minimum atomic E-state index is -2.88. The molecule has 2 heterocycles. The van der Waals surface area contributed by atoms with E-state index in [0.29, 0.717) is 0 Å². The molecule has 0 spiro atoms. The van der Waals surface area contributed by atoms with Crippen LogP contribution < -0.4 is 11.1 Å². The second-order valence-electron chi connectivity index (χ2n) is 4.97. The zero-order chi connectivity index (χ0) is 12.5. The fraction of sp³-hybridized carbons (Fsp3) is 0.818. The van der Waals surface area contributed by atoms with E-state index in [1.54, 1.807) is 0 Å². The van der Waals surface area contributed by atoms with Gasteiger partial charge in [-0.25, -0.2) is 8.42 Å². The number of hydrogen-bond donors (Lipinski definition) is 2. The van der Waals surface area contributed by atoms with E-state index in [9.17, 15) is 8.42 Å². The van der Waals surface area contributed by atoms with E-state index in [1.165, 1.54) is 6.26 Å². The van der Waals surface area contributed by atoms with Gasteiger partial charge in [-0.05, 0) is 19.3 Å². The molecule has 5 nitrogen and oxygen atoms in total. The summed E-state index contributed by atoms with van der Waals surface area (Å²) in [4.78, 5) is 2.31. The van der Waals surface area contributed by atoms with E-state index >= 15 is 0 Å². The van der Waals surface area contributed by atoms with Gasteiger partial charge in [0.05, 0.1) is 11.3 Å². The molecule has 1 atom stereocenters. The molecule has 0 aromatic rings. The number of nitrogens with two attached hydrogens (primary N) is 1. The highest BCUT2D eigenvalue weighted by Crippen LogP contribution is 2.22. The van der Waals surface area contributed by atoms with Crippen molar-refractivity contribution >= 4 is 9.84 Å². The molecular weight excluding hydrogens is 238 g/mol. The quantitative estimate of drug-likeness (QED) is 0.709. The summed E-state index contributed by atoms with van der Waals surface area (Å²) in [6, 6.07) is 0.289. The standard InChI is InChI=1S/C11H21N3O2S/c1-17(15,16)9-3-6-14(7-4-9)11-2-5-13-8-10(11)12/h8-9,11,13H,2-7,12H2,1H3. The van der Waals surface area contributed by atoms with Crippen LogP contribution in [0.5, 0.6) is 0 Å². The van der Waals surface area contributed by atoms with Crippen molar-refractivity contribution in [1.29, 1.82) is 0 Å². The third-order valence-corrected chi connectivity index (χ3v) is 5.42. The molecule has 2 aliphatic rings. The first-order chi connectivity index (χ1) is 7.98. The van der Waals surface area contributed by atoms with Gasteiger partial charge in [-0.15, -0.1) is 0 Å². The van der Waals surface area contributed by atoms with E-state index in [1.807, 2.05) is 6.20 Å². The largest absolute Gasteiger partial charge is 0.400 e. The van der Waals surface area contributed by atoms with Crippen molar-refractivity contribution in [2.75, 3.05) is 25.9 Å². The first-order valence-electron chi connectivity index (χ1n) is 6.10. The van der Waals surface area contributed by atoms with Crippen molar-refractivity contribution in [3.05, 3.63) is 11.9 Å². The predicted molar refractivity (Wildman–Crippen MR) is 68.1 cm³/mol. The van der Waals surface area contributed by atoms with Crippen LogP contribution in [0.25, 0.3) is 0 Å². The lowest BCUT2D eigenvalue weighted by atomic mass is 10.0. The minimum Gasteiger partial charge on any atom is -0.400 e. The first kappa shape index (κ1) is 12.7. The lowest BCUT2D eigenvalue weighted by molar-refractivity contribution is 0.173. The van der Waals surface area contributed by atoms with Crippen molar-refractivity contribution in [2.24, 2.45) is 5.73 Å². The highest BCUT2D eigenvalue weighted by molar-refractivity contribution is 7.91. The van der Waals surface area contributed by atoms with Gasteiger partial charge in [-0.3, -0.25) is 4.90 Å². The summed E-state index contributed by atoms with van der Waals surface area (Å²) in [7, 11) is -2.88. The van der Waals surface area contributed by atoms with Crippen LogP contribution in [0.1, 0.15) is 19.3 Å². The lowest BCUT2D eigenvalue weighted by Gasteiger charge is -2.38. The van der Waals surface area contributed by atoms with Gasteiger partial charge in [0.1, 0.15) is 9.84 Å². The number of piperidine rings is 1. The smallest absolute Gasteiger partial charge is 0.150 e. The number of rotatable bonds is 2. The van der Waals surface area contributed by atoms with Crippen LogP contribution in [-0.4, -0.2) is 50.5 Å². The van der Waals surface area contributed by atoms with Gasteiger partial charge in [-0.1, -0.05) is 0 Å². The molecular formula is C11H21N3O2S. The molecule has 0 aromatic heterocycles. The molecule has 3 N–H and O–H groups in total. The molecule has 2 rings (SSSR count). The maximum absolute atomic E-state index is 11.5. The third kappa shape index (κ3) is 2.93. The Morgan fingerprint density at radius 2 is 2.00 bits per heavy atom. The maximum atomic E-state index is 11.5. The van der Waals surface area contributed by atoms with Crippen LogP contribution >= 0.6 is 0 Å². The monoisotopic (exact) mass is 259 g/mol. The molecule has 1 unspecified atom stereocenters. The average molecular weight is 259 g/mol. The molecule has 2 aliphatic heterocycles. The molecule has 0 aromatic carbocycles. The van der Waals surface area contributed by atoms with Crippen LogP contribution in [0.15, 0.2) is 11.9 Å². The Hall–Kier alpha value is -0.750. The molecule has 6 heteroatoms. The van der Waals surface area contributed by atoms with Gasteiger partial charge in [0.15, 0.2) is 0 Å². The van der Waals surface area contributed by atoms with Crippen molar-refractivity contribution in [1.82, 2.24) is 10.2 Å². The number of likely N-dealkylation sites (tertiary alicyclic amines) is 1. The molecule has 1 fully saturated rings. The van der Waals surface area contributed by atoms with Crippen molar-refractivity contribution in [3.8, 4) is 0 Å². The van der Waals surface area contributed by atoms with E-state index in [4.69, 9.17) is 5.73 Å². The second kappa shape index (κ2) is 4.86. The Labute approximate surface area is 103 Å². The van der Waals surface area contributed by atoms with Crippen LogP contribution in [0.3, 0.4) is 0 Å². The Morgan fingerprint density at radius 3 is 2.53 bits per heavy atom. The summed E-state index contributed by atoms with van der Waals surface area (Å²) in [5, 5.41) is 2.97. The number of hydrogen-bond acceptors (Lipinski definition) is 5. The fourth-order valence-corrected chi connectivity index (χ4v) is 3.75. The Morgan fingerprint density at radius 1 is 1.35 bits per heavy atom. The zero-order valence-electron chi connectivity index (χ0n) is 10.2. The Kier molecular flexibility index (Phi) is 3.63. The summed E-state index contributed by atoms with van der Waals surface area (Å²) < 4.78 is 22.9. The normalized spacial score (nSPS) is 28.5. The molecule has 1 saturated heterocycles. The SMILES string of the molecule is CS(=O)(=O)C1CCN(C2CCNC=C2N)CC1. The summed E-state index contributed by atoms with van der Waals surface area (Å²) in [6.07, 6.45) is 5.68. The first-order valence-corrected chi connectivity index (χ1v) is 8.06. The number of nitrogens with one attached hydrogen (secondary N) is 1. The molecule has 0 amide bonds. The highest BCUT2D eigenvalue weighted by atomic mass is 32.2. The zero-order valence-corrected chi connectivity index (χ0v) is 11.0. The predicted octanol–water partition coefficient (Wildman–Crippen LogP) is -0.343. The molecule has 17 heavy (non-hydrogen) atoms. The van der Waals surface area contributed by atoms with Crippen LogP contribution in [0.2, 0.25) is 0 Å². The van der Waals surface area contributed by atoms with E-state index < -0.39 is 9.84 Å². The van der Waals surface area contributed by atoms with E-state index in [0.717, 1.165) is 44.6 Å². The van der Waals surface area contributed by atoms with Crippen LogP contribution in [0, 0.1) is 0 Å².